The fourth-order valence-electron chi connectivity index (χ4n) is 5.36. The number of aromatic nitrogens is 2. The number of nitro groups is 1. The molecule has 0 atom stereocenters. The van der Waals surface area contributed by atoms with Crippen LogP contribution in [0.2, 0.25) is 0 Å². The van der Waals surface area contributed by atoms with Crippen molar-refractivity contribution in [1.29, 1.82) is 0 Å². The molecule has 1 radical (unpaired) electrons. The predicted molar refractivity (Wildman–Crippen MR) is 197 cm³/mol. The number of nitrogens with zero attached hydrogens (tertiary/aromatic N) is 8. The largest absolute Gasteiger partial charge is 3.00 e. The number of fused-ring (bicyclic) bond motifs is 2. The Morgan fingerprint density at radius 2 is 1.47 bits per heavy atom. The van der Waals surface area contributed by atoms with Gasteiger partial charge in [0.15, 0.2) is 0 Å². The summed E-state index contributed by atoms with van der Waals surface area (Å²) in [6.45, 7) is 1.58. The minimum Gasteiger partial charge on any atom is -0.871 e. The summed E-state index contributed by atoms with van der Waals surface area (Å²) in [5.74, 6) is -2.42. The van der Waals surface area contributed by atoms with Gasteiger partial charge in [-0.3, -0.25) is 19.7 Å². The van der Waals surface area contributed by atoms with Gasteiger partial charge in [0.2, 0.25) is 11.6 Å². The van der Waals surface area contributed by atoms with Crippen molar-refractivity contribution < 1.29 is 86.0 Å². The van der Waals surface area contributed by atoms with E-state index < -0.39 is 54.1 Å². The number of anilines is 1. The van der Waals surface area contributed by atoms with Crippen LogP contribution < -0.4 is 45.0 Å². The number of benzene rings is 4. The Labute approximate surface area is 362 Å². The summed E-state index contributed by atoms with van der Waals surface area (Å²) in [5.41, 5.74) is 0.237. The van der Waals surface area contributed by atoms with E-state index in [4.69, 9.17) is 0 Å². The van der Waals surface area contributed by atoms with Crippen LogP contribution >= 0.6 is 0 Å². The van der Waals surface area contributed by atoms with E-state index in [2.05, 4.69) is 25.5 Å². The normalized spacial score (nSPS) is 14.4. The third-order valence-electron chi connectivity index (χ3n) is 8.01. The summed E-state index contributed by atoms with van der Waals surface area (Å²) < 4.78 is 36.0. The monoisotopic (exact) mass is 849 g/mol. The first-order valence-electron chi connectivity index (χ1n) is 15.8. The molecule has 7 rings (SSSR count). The summed E-state index contributed by atoms with van der Waals surface area (Å²) in [5, 5.41) is 75.7. The third kappa shape index (κ3) is 9.58. The van der Waals surface area contributed by atoms with Gasteiger partial charge < -0.3 is 30.4 Å². The Kier molecular flexibility index (Phi) is 14.3. The van der Waals surface area contributed by atoms with Gasteiger partial charge >= 0.3 is 48.3 Å². The molecule has 0 saturated carbocycles. The summed E-state index contributed by atoms with van der Waals surface area (Å²) >= 11 is 0. The van der Waals surface area contributed by atoms with Crippen molar-refractivity contribution in [2.45, 2.75) is 6.92 Å². The first-order chi connectivity index (χ1) is 26.6. The minimum atomic E-state index is -5.11. The Morgan fingerprint density at radius 3 is 2.12 bits per heavy atom. The van der Waals surface area contributed by atoms with Crippen LogP contribution in [0.1, 0.15) is 29.4 Å². The number of carbonyl (C=O) groups is 2. The average molecular weight is 850 g/mol. The van der Waals surface area contributed by atoms with Crippen molar-refractivity contribution >= 4 is 66.8 Å². The molecule has 0 bridgehead atoms. The molecule has 5 aromatic rings. The van der Waals surface area contributed by atoms with Crippen LogP contribution in [-0.4, -0.2) is 50.7 Å². The van der Waals surface area contributed by atoms with Gasteiger partial charge in [0.25, 0.3) is 5.69 Å². The molecule has 0 unspecified atom stereocenters. The molecule has 19 nitrogen and oxygen atoms in total. The number of non-ortho nitro benzene ring substituents is 1. The van der Waals surface area contributed by atoms with E-state index in [1.165, 1.54) is 10.8 Å². The summed E-state index contributed by atoms with van der Waals surface area (Å²) in [6, 6.07) is 21.8. The van der Waals surface area contributed by atoms with Crippen LogP contribution in [0.3, 0.4) is 0 Å². The number of para-hydroxylation sites is 1. The number of nitro benzene ring substituents is 1. The SMILES string of the molecule is Cc1nn(-c2ccccc2)c([O-])c1N=Nc1cc([N+](=O)[O-])ccc1[O-].O=C1C=Cc2ccccc2C1=NN=C1C(=O)C=C(S(=O)(=O)[O-])c2cc(N([O-])[O-])ccc21.[Cr+3].[H+].[Na+]. The number of azo groups is 1. The Balaban J connectivity index is 0.000000306. The predicted octanol–water partition coefficient (Wildman–Crippen LogP) is 1.51. The number of rotatable bonds is 7. The van der Waals surface area contributed by atoms with Crippen LogP contribution in [0.15, 0.2) is 124 Å². The zero-order valence-electron chi connectivity index (χ0n) is 30.8. The number of hydrogen-bond acceptors (Lipinski definition) is 17. The summed E-state index contributed by atoms with van der Waals surface area (Å²) in [7, 11) is -5.11. The zero-order chi connectivity index (χ0) is 40.3. The van der Waals surface area contributed by atoms with Crippen molar-refractivity contribution in [3.8, 4) is 17.3 Å². The Morgan fingerprint density at radius 1 is 0.810 bits per heavy atom. The van der Waals surface area contributed by atoms with Crippen molar-refractivity contribution in [3.05, 3.63) is 152 Å². The quantitative estimate of drug-likeness (QED) is 0.0739. The van der Waals surface area contributed by atoms with Gasteiger partial charge in [-0.1, -0.05) is 60.4 Å². The van der Waals surface area contributed by atoms with E-state index in [-0.39, 0.29) is 88.0 Å². The third-order valence-corrected chi connectivity index (χ3v) is 8.89. The van der Waals surface area contributed by atoms with Crippen molar-refractivity contribution in [1.82, 2.24) is 9.78 Å². The average Bonchev–Trinajstić information content (AvgIpc) is 3.46. The maximum atomic E-state index is 12.5. The molecule has 0 aliphatic heterocycles. The molecule has 0 saturated heterocycles. The van der Waals surface area contributed by atoms with E-state index in [0.29, 0.717) is 28.6 Å². The van der Waals surface area contributed by atoms with Gasteiger partial charge in [0, 0.05) is 46.5 Å². The molecule has 285 valence electrons. The molecule has 0 amide bonds. The first-order valence-corrected chi connectivity index (χ1v) is 17.2. The molecule has 2 aliphatic carbocycles. The van der Waals surface area contributed by atoms with Crippen LogP contribution in [0.5, 0.6) is 11.6 Å². The Bertz CT molecular complexity index is 2720. The van der Waals surface area contributed by atoms with E-state index in [9.17, 15) is 53.3 Å². The second-order valence-electron chi connectivity index (χ2n) is 11.6. The van der Waals surface area contributed by atoms with Crippen LogP contribution in [-0.2, 0) is 37.1 Å². The molecule has 58 heavy (non-hydrogen) atoms. The number of allylic oxidation sites excluding steroid dienone is 2. The topological polar surface area (TPSA) is 297 Å². The second kappa shape index (κ2) is 18.5. The molecule has 0 spiro atoms. The molecule has 0 N–H and O–H groups in total. The molecular formula is C36H22CrN8NaO11S. The van der Waals surface area contributed by atoms with Gasteiger partial charge in [-0.2, -0.15) is 10.2 Å². The van der Waals surface area contributed by atoms with Crippen LogP contribution in [0, 0.1) is 27.5 Å². The Hall–Kier alpha value is -5.99. The molecule has 1 heterocycles. The fraction of sp³-hybridized carbons (Fsp3) is 0.0278. The number of carbonyl (C=O) groups excluding carboxylic acids is 2. The fourth-order valence-corrected chi connectivity index (χ4v) is 6.05. The van der Waals surface area contributed by atoms with E-state index in [1.807, 2.05) is 6.07 Å². The molecule has 0 fully saturated rings. The van der Waals surface area contributed by atoms with Crippen molar-refractivity contribution in [3.63, 3.8) is 0 Å². The first kappa shape index (κ1) is 44.7. The smallest absolute Gasteiger partial charge is 0.871 e. The van der Waals surface area contributed by atoms with E-state index in [1.54, 1.807) is 61.5 Å². The van der Waals surface area contributed by atoms with Crippen molar-refractivity contribution in [2.24, 2.45) is 20.4 Å². The maximum absolute atomic E-state index is 12.5. The van der Waals surface area contributed by atoms with Gasteiger partial charge in [-0.25, -0.2) is 13.1 Å². The van der Waals surface area contributed by atoms with Gasteiger partial charge in [-0.15, -0.1) is 15.3 Å². The molecule has 4 aromatic carbocycles. The van der Waals surface area contributed by atoms with Crippen molar-refractivity contribution in [2.75, 3.05) is 5.23 Å². The molecule has 2 aliphatic rings. The summed E-state index contributed by atoms with van der Waals surface area (Å²) in [6.07, 6.45) is 3.45. The van der Waals surface area contributed by atoms with Gasteiger partial charge in [0.05, 0.1) is 26.9 Å². The van der Waals surface area contributed by atoms with E-state index in [0.717, 1.165) is 36.4 Å². The number of aryl methyl sites for hydroxylation is 1. The van der Waals surface area contributed by atoms with Gasteiger partial charge in [0.1, 0.15) is 27.2 Å². The number of ketones is 2. The molecular weight excluding hydrogens is 827 g/mol. The molecule has 22 heteroatoms. The number of hydrogen-bond donors (Lipinski definition) is 0. The maximum Gasteiger partial charge on any atom is 3.00 e. The zero-order valence-corrected chi connectivity index (χ0v) is 33.9. The molecule has 1 aromatic heterocycles. The second-order valence-corrected chi connectivity index (χ2v) is 12.9. The van der Waals surface area contributed by atoms with Crippen LogP contribution in [0.4, 0.5) is 22.7 Å². The minimum absolute atomic E-state index is 0. The van der Waals surface area contributed by atoms with Gasteiger partial charge in [-0.05, 0) is 48.9 Å². The van der Waals surface area contributed by atoms with E-state index >= 15 is 0 Å². The van der Waals surface area contributed by atoms with Crippen LogP contribution in [0.25, 0.3) is 16.7 Å². The standard InChI is InChI=1S/C20H11N3O7S.C16H13N5O4.Cr.Na/c24-16-8-5-11-3-1-2-4-13(11)19(16)21-22-20-14-7-6-12(23(26)27)9-15(14)18(10-17(20)25)31(28,29)30;1-10-15(16(23)20(19-10)11-5-3-2-4-6-11)18-17-13-9-12(21(24)25)7-8-14(13)22;;/h1-10H,(H,28,29,30);2-9,22-23H,1H3;;/q-2;;+3;+1/p-2. The summed E-state index contributed by atoms with van der Waals surface area (Å²) in [4.78, 5) is 34.0.